The van der Waals surface area contributed by atoms with Crippen LogP contribution in [0.25, 0.3) is 11.3 Å². The lowest BCUT2D eigenvalue weighted by Crippen LogP contribution is -2.17. The minimum Gasteiger partial charge on any atom is -0.497 e. The van der Waals surface area contributed by atoms with Crippen LogP contribution in [0.5, 0.6) is 17.2 Å². The molecule has 2 aromatic carbocycles. The zero-order chi connectivity index (χ0) is 24.1. The van der Waals surface area contributed by atoms with Gasteiger partial charge in [0.25, 0.3) is 0 Å². The number of hydrogen-bond donors (Lipinski definition) is 2. The average Bonchev–Trinajstić information content (AvgIpc) is 3.31. The third kappa shape index (κ3) is 6.00. The molecule has 1 fully saturated rings. The van der Waals surface area contributed by atoms with Crippen molar-refractivity contribution in [2.75, 3.05) is 24.9 Å². The van der Waals surface area contributed by atoms with Gasteiger partial charge >= 0.3 is 6.36 Å². The smallest absolute Gasteiger partial charge is 0.497 e. The van der Waals surface area contributed by atoms with E-state index in [0.29, 0.717) is 40.2 Å². The van der Waals surface area contributed by atoms with Crippen LogP contribution >= 0.6 is 0 Å². The summed E-state index contributed by atoms with van der Waals surface area (Å²) in [5.41, 5.74) is 1.55. The highest BCUT2D eigenvalue weighted by atomic mass is 19.4. The van der Waals surface area contributed by atoms with Crippen molar-refractivity contribution in [3.05, 3.63) is 48.5 Å². The molecule has 0 radical (unpaired) electrons. The Kier molecular flexibility index (Phi) is 6.95. The summed E-state index contributed by atoms with van der Waals surface area (Å²) in [7, 11) is 3.11. The summed E-state index contributed by atoms with van der Waals surface area (Å²) < 4.78 is 52.9. The van der Waals surface area contributed by atoms with Crippen LogP contribution < -0.4 is 24.8 Å². The molecule has 0 amide bonds. The molecule has 1 aliphatic carbocycles. The number of rotatable bonds is 8. The molecule has 1 aliphatic rings. The normalized spacial score (nSPS) is 14.0. The maximum absolute atomic E-state index is 12.7. The standard InChI is InChI=1S/C24H25F3N4O3/c1-32-17-10-11-19(21(13-17)33-2)29-22-14-20(30-23(31-22)28-16-7-3-4-8-16)15-6-5-9-18(12-15)34-24(25,26)27/h5-6,9-14,16H,3-4,7-8H2,1-2H3,(H2,28,29,30,31). The van der Waals surface area contributed by atoms with E-state index in [1.165, 1.54) is 18.2 Å². The van der Waals surface area contributed by atoms with Crippen molar-refractivity contribution in [2.45, 2.75) is 38.1 Å². The van der Waals surface area contributed by atoms with Crippen molar-refractivity contribution in [1.29, 1.82) is 0 Å². The Morgan fingerprint density at radius 2 is 1.71 bits per heavy atom. The third-order valence-corrected chi connectivity index (χ3v) is 5.45. The lowest BCUT2D eigenvalue weighted by atomic mass is 10.1. The Morgan fingerprint density at radius 1 is 0.912 bits per heavy atom. The Morgan fingerprint density at radius 3 is 2.41 bits per heavy atom. The zero-order valence-electron chi connectivity index (χ0n) is 18.8. The van der Waals surface area contributed by atoms with E-state index in [-0.39, 0.29) is 11.8 Å². The maximum atomic E-state index is 12.7. The molecular formula is C24H25F3N4O3. The van der Waals surface area contributed by atoms with E-state index in [1.54, 1.807) is 44.6 Å². The molecule has 0 atom stereocenters. The maximum Gasteiger partial charge on any atom is 0.573 e. The third-order valence-electron chi connectivity index (χ3n) is 5.45. The second-order valence-electron chi connectivity index (χ2n) is 7.85. The van der Waals surface area contributed by atoms with Gasteiger partial charge in [-0.2, -0.15) is 4.98 Å². The molecule has 0 bridgehead atoms. The number of nitrogens with one attached hydrogen (secondary N) is 2. The monoisotopic (exact) mass is 474 g/mol. The van der Waals surface area contributed by atoms with Crippen LogP contribution in [0.2, 0.25) is 0 Å². The van der Waals surface area contributed by atoms with Crippen LogP contribution in [0.3, 0.4) is 0 Å². The highest BCUT2D eigenvalue weighted by Crippen LogP contribution is 2.33. The number of ether oxygens (including phenoxy) is 3. The van der Waals surface area contributed by atoms with Crippen molar-refractivity contribution in [3.8, 4) is 28.5 Å². The number of nitrogens with zero attached hydrogens (tertiary/aromatic N) is 2. The quantitative estimate of drug-likeness (QED) is 0.405. The van der Waals surface area contributed by atoms with Gasteiger partial charge in [-0.3, -0.25) is 0 Å². The van der Waals surface area contributed by atoms with Gasteiger partial charge < -0.3 is 24.8 Å². The molecule has 4 rings (SSSR count). The first-order valence-electron chi connectivity index (χ1n) is 10.8. The fourth-order valence-electron chi connectivity index (χ4n) is 3.87. The molecule has 0 saturated heterocycles. The Balaban J connectivity index is 1.69. The molecule has 0 unspecified atom stereocenters. The predicted octanol–water partition coefficient (Wildman–Crippen LogP) is 6.16. The molecule has 2 N–H and O–H groups in total. The molecule has 180 valence electrons. The number of aromatic nitrogens is 2. The van der Waals surface area contributed by atoms with Crippen LogP contribution in [0.4, 0.5) is 30.6 Å². The van der Waals surface area contributed by atoms with E-state index in [0.717, 1.165) is 25.7 Å². The van der Waals surface area contributed by atoms with Crippen molar-refractivity contribution >= 4 is 17.5 Å². The molecule has 3 aromatic rings. The molecule has 0 spiro atoms. The number of alkyl halides is 3. The lowest BCUT2D eigenvalue weighted by molar-refractivity contribution is -0.274. The van der Waals surface area contributed by atoms with Gasteiger partial charge in [0.05, 0.1) is 25.6 Å². The van der Waals surface area contributed by atoms with E-state index in [4.69, 9.17) is 9.47 Å². The zero-order valence-corrected chi connectivity index (χ0v) is 18.8. The van der Waals surface area contributed by atoms with E-state index in [9.17, 15) is 13.2 Å². The van der Waals surface area contributed by atoms with Crippen molar-refractivity contribution < 1.29 is 27.4 Å². The van der Waals surface area contributed by atoms with Crippen LogP contribution in [-0.2, 0) is 0 Å². The Labute approximate surface area is 195 Å². The molecule has 7 nitrogen and oxygen atoms in total. The molecule has 10 heteroatoms. The van der Waals surface area contributed by atoms with E-state index in [1.807, 2.05) is 0 Å². The van der Waals surface area contributed by atoms with Crippen molar-refractivity contribution in [1.82, 2.24) is 9.97 Å². The van der Waals surface area contributed by atoms with E-state index < -0.39 is 6.36 Å². The predicted molar refractivity (Wildman–Crippen MR) is 123 cm³/mol. The molecule has 1 aromatic heterocycles. The minimum atomic E-state index is -4.78. The van der Waals surface area contributed by atoms with Gasteiger partial charge in [0.15, 0.2) is 0 Å². The summed E-state index contributed by atoms with van der Waals surface area (Å²) >= 11 is 0. The van der Waals surface area contributed by atoms with Gasteiger partial charge in [0.2, 0.25) is 5.95 Å². The molecule has 34 heavy (non-hydrogen) atoms. The summed E-state index contributed by atoms with van der Waals surface area (Å²) in [6, 6.07) is 12.9. The highest BCUT2D eigenvalue weighted by Gasteiger charge is 2.31. The summed E-state index contributed by atoms with van der Waals surface area (Å²) in [5, 5.41) is 6.57. The number of anilines is 3. The molecule has 1 heterocycles. The summed E-state index contributed by atoms with van der Waals surface area (Å²) in [6.45, 7) is 0. The first kappa shape index (κ1) is 23.5. The summed E-state index contributed by atoms with van der Waals surface area (Å²) in [6.07, 6.45) is -0.503. The van der Waals surface area contributed by atoms with Gasteiger partial charge in [-0.25, -0.2) is 4.98 Å². The van der Waals surface area contributed by atoms with Crippen LogP contribution in [-0.4, -0.2) is 36.6 Å². The van der Waals surface area contributed by atoms with Gasteiger partial charge in [-0.15, -0.1) is 13.2 Å². The van der Waals surface area contributed by atoms with Crippen LogP contribution in [0, 0.1) is 0 Å². The van der Waals surface area contributed by atoms with E-state index in [2.05, 4.69) is 25.3 Å². The Bertz CT molecular complexity index is 1130. The number of benzene rings is 2. The van der Waals surface area contributed by atoms with Crippen molar-refractivity contribution in [2.24, 2.45) is 0 Å². The highest BCUT2D eigenvalue weighted by molar-refractivity contribution is 5.71. The van der Waals surface area contributed by atoms with Gasteiger partial charge in [-0.05, 0) is 37.1 Å². The second-order valence-corrected chi connectivity index (χ2v) is 7.85. The fourth-order valence-corrected chi connectivity index (χ4v) is 3.87. The second kappa shape index (κ2) is 10.1. The Hall–Kier alpha value is -3.69. The lowest BCUT2D eigenvalue weighted by Gasteiger charge is -2.16. The average molecular weight is 474 g/mol. The fraction of sp³-hybridized carbons (Fsp3) is 0.333. The largest absolute Gasteiger partial charge is 0.573 e. The van der Waals surface area contributed by atoms with E-state index >= 15 is 0 Å². The topological polar surface area (TPSA) is 77.5 Å². The first-order chi connectivity index (χ1) is 16.3. The molecular weight excluding hydrogens is 449 g/mol. The van der Waals surface area contributed by atoms with Gasteiger partial charge in [0.1, 0.15) is 23.1 Å². The van der Waals surface area contributed by atoms with Crippen molar-refractivity contribution in [3.63, 3.8) is 0 Å². The number of hydrogen-bond acceptors (Lipinski definition) is 7. The van der Waals surface area contributed by atoms with Gasteiger partial charge in [0, 0.05) is 23.7 Å². The number of halogens is 3. The van der Waals surface area contributed by atoms with Crippen LogP contribution in [0.15, 0.2) is 48.5 Å². The van der Waals surface area contributed by atoms with Gasteiger partial charge in [-0.1, -0.05) is 25.0 Å². The summed E-state index contributed by atoms with van der Waals surface area (Å²) in [5.74, 6) is 1.71. The SMILES string of the molecule is COc1ccc(Nc2cc(-c3cccc(OC(F)(F)F)c3)nc(NC3CCCC3)n2)c(OC)c1. The number of methoxy groups -OCH3 is 2. The summed E-state index contributed by atoms with van der Waals surface area (Å²) in [4.78, 5) is 9.15. The first-order valence-corrected chi connectivity index (χ1v) is 10.8. The molecule has 0 aliphatic heterocycles. The van der Waals surface area contributed by atoms with Crippen LogP contribution in [0.1, 0.15) is 25.7 Å². The molecule has 1 saturated carbocycles. The minimum absolute atomic E-state index is 0.249.